The lowest BCUT2D eigenvalue weighted by atomic mass is 10.2. The number of fused-ring (bicyclic) bond motifs is 5. The number of carbonyl (C=O) groups is 3. The first-order chi connectivity index (χ1) is 47.4. The zero-order chi connectivity index (χ0) is 76.0. The Kier molecular flexibility index (Phi) is 27.0. The summed E-state index contributed by atoms with van der Waals surface area (Å²) in [5.74, 6) is 0.0521. The summed E-state index contributed by atoms with van der Waals surface area (Å²) in [7, 11) is -10.4. The molecule has 3 amide bonds. The third-order valence-corrected chi connectivity index (χ3v) is 20.8. The molecule has 0 saturated carbocycles. The minimum absolute atomic E-state index is 0.0139. The van der Waals surface area contributed by atoms with Crippen molar-refractivity contribution < 1.29 is 93.3 Å². The van der Waals surface area contributed by atoms with E-state index in [1.54, 1.807) is 141 Å². The fourth-order valence-corrected chi connectivity index (χ4v) is 12.2. The summed E-state index contributed by atoms with van der Waals surface area (Å²) < 4.78 is 168. The molecule has 0 aliphatic rings. The first-order valence-corrected chi connectivity index (χ1v) is 38.4. The maximum atomic E-state index is 12.5. The van der Waals surface area contributed by atoms with Crippen LogP contribution in [0.25, 0.3) is 54.8 Å². The van der Waals surface area contributed by atoms with Gasteiger partial charge in [0.1, 0.15) is 33.9 Å². The van der Waals surface area contributed by atoms with Crippen LogP contribution in [0, 0.1) is 0 Å². The Morgan fingerprint density at radius 2 is 0.676 bits per heavy atom. The van der Waals surface area contributed by atoms with E-state index in [0.29, 0.717) is 92.6 Å². The van der Waals surface area contributed by atoms with Crippen molar-refractivity contribution >= 4 is 124 Å². The van der Waals surface area contributed by atoms with E-state index in [0.717, 1.165) is 15.1 Å². The van der Waals surface area contributed by atoms with Crippen molar-refractivity contribution in [2.75, 3.05) is 53.8 Å². The average molecular weight is 1520 g/mol. The highest BCUT2D eigenvalue weighted by molar-refractivity contribution is 7.89. The van der Waals surface area contributed by atoms with Crippen LogP contribution in [0.5, 0.6) is 0 Å². The molecule has 0 atom stereocenters. The number of aromatic nitrogens is 5. The number of aryl methyl sites for hydroxylation is 2. The molecule has 0 unspecified atom stereocenters. The Morgan fingerprint density at radius 1 is 0.402 bits per heavy atom. The molecular formula is C63H83N13O21S5. The van der Waals surface area contributed by atoms with Gasteiger partial charge < -0.3 is 36.8 Å². The molecule has 0 saturated heterocycles. The van der Waals surface area contributed by atoms with Gasteiger partial charge in [-0.1, -0.05) is 86.4 Å². The van der Waals surface area contributed by atoms with Gasteiger partial charge in [0, 0.05) is 75.0 Å². The molecule has 10 rings (SSSR count). The molecule has 34 nitrogen and oxygen atoms in total. The lowest BCUT2D eigenvalue weighted by Crippen LogP contribution is -2.45. The molecule has 5 aromatic heterocycles. The highest BCUT2D eigenvalue weighted by Gasteiger charge is 2.36. The van der Waals surface area contributed by atoms with Gasteiger partial charge in [-0.15, -0.1) is 0 Å². The van der Waals surface area contributed by atoms with E-state index >= 15 is 0 Å². The van der Waals surface area contributed by atoms with Gasteiger partial charge in [0.25, 0.3) is 0 Å². The van der Waals surface area contributed by atoms with Gasteiger partial charge in [0.15, 0.2) is 27.9 Å². The minimum atomic E-state index is -4.30. The summed E-state index contributed by atoms with van der Waals surface area (Å²) >= 11 is 0. The smallest absolute Gasteiger partial charge is 0.425 e. The molecular weight excluding hydrogens is 1440 g/mol. The second-order valence-electron chi connectivity index (χ2n) is 25.3. The summed E-state index contributed by atoms with van der Waals surface area (Å²) in [6, 6.07) is 35.7. The number of para-hydroxylation sites is 5. The Labute approximate surface area is 590 Å². The van der Waals surface area contributed by atoms with Crippen molar-refractivity contribution in [1.82, 2.24) is 56.8 Å². The van der Waals surface area contributed by atoms with Crippen LogP contribution in [-0.2, 0) is 97.4 Å². The first-order valence-electron chi connectivity index (χ1n) is 30.8. The van der Waals surface area contributed by atoms with E-state index in [1.807, 2.05) is 42.5 Å². The fraction of sp³-hybridized carbons (Fsp3) is 0.397. The molecule has 10 aromatic rings. The maximum Gasteiger partial charge on any atom is 0.425 e. The number of hydrogen-bond donors (Lipinski definition) is 3. The number of sulfonamides is 2. The monoisotopic (exact) mass is 1520 g/mol. The molecule has 0 spiro atoms. The van der Waals surface area contributed by atoms with E-state index in [4.69, 9.17) is 42.0 Å². The van der Waals surface area contributed by atoms with Crippen molar-refractivity contribution in [1.29, 1.82) is 0 Å². The number of carbonyl (C=O) groups excluding carboxylic acids is 3. The minimum Gasteiger partial charge on any atom is -0.443 e. The Balaban J connectivity index is 0.000000202. The molecule has 0 aliphatic carbocycles. The van der Waals surface area contributed by atoms with E-state index in [1.165, 1.54) is 46.6 Å². The molecule has 5 heterocycles. The summed E-state index contributed by atoms with van der Waals surface area (Å²) in [5, 5.41) is 28.0. The van der Waals surface area contributed by atoms with Crippen LogP contribution in [-0.4, -0.2) is 178 Å². The van der Waals surface area contributed by atoms with Crippen molar-refractivity contribution in [3.63, 3.8) is 0 Å². The van der Waals surface area contributed by atoms with Crippen LogP contribution in [0.3, 0.4) is 0 Å². The maximum absolute atomic E-state index is 12.5. The number of ether oxygens (including phenoxy) is 3. The molecule has 4 N–H and O–H groups in total. The number of amides is 3. The van der Waals surface area contributed by atoms with Crippen molar-refractivity contribution in [3.8, 4) is 0 Å². The van der Waals surface area contributed by atoms with Crippen LogP contribution in [0.2, 0.25) is 0 Å². The third kappa shape index (κ3) is 23.2. The van der Waals surface area contributed by atoms with Gasteiger partial charge in [-0.05, 0) is 130 Å². The quantitative estimate of drug-likeness (QED) is 0.0640. The Bertz CT molecular complexity index is 5110. The van der Waals surface area contributed by atoms with Crippen LogP contribution in [0.1, 0.15) is 90.8 Å². The standard InChI is InChI=1S/C15H21N3O5S.C14H19N3O5S.C13H17N3O5S.C11H14N2O3S.C10H12N2O3S/c1-15(2,3)22-14(19)18(24(20,21)17(4)5)10-12-11-8-6-7-9-13(11)23-16-12;1-14(2,3)21-13(18)17(23(19,20)15-4)9-11-10-7-5-6-8-12(10)22-16-11;1-13(2,3)20-12(17)16(22(14,18)19)8-10-9-6-4-5-7-11(9)21-15-10;1-13(2)17(14,15)8-7-10-9-5-3-4-6-11(9)16-12-10;1-11-16(13,14)7-6-9-8-4-2-3-5-10(8)15-12-9/h6-9H,10H2,1-5H3;5-8,15H,9H2,1-4H3;4-7H,8H2,1-3H3,(H2,14,18,19);3-6H,7-8H2,1-2H3;2-5,11H,6-7H2,1H3. The van der Waals surface area contributed by atoms with Gasteiger partial charge in [-0.3, -0.25) is 0 Å². The van der Waals surface area contributed by atoms with Gasteiger partial charge in [-0.2, -0.15) is 42.5 Å². The van der Waals surface area contributed by atoms with Gasteiger partial charge in [-0.25, -0.2) is 50.1 Å². The van der Waals surface area contributed by atoms with Crippen LogP contribution in [0.15, 0.2) is 144 Å². The Morgan fingerprint density at radius 3 is 0.971 bits per heavy atom. The van der Waals surface area contributed by atoms with Crippen LogP contribution >= 0.6 is 0 Å². The number of hydrogen-bond acceptors (Lipinski definition) is 26. The third-order valence-electron chi connectivity index (χ3n) is 13.6. The van der Waals surface area contributed by atoms with E-state index < -0.39 is 85.8 Å². The molecule has 0 fully saturated rings. The molecule has 0 radical (unpaired) electrons. The Hall–Kier alpha value is -9.19. The largest absolute Gasteiger partial charge is 0.443 e. The number of benzene rings is 5. The number of nitrogens with one attached hydrogen (secondary N) is 2. The summed E-state index contributed by atoms with van der Waals surface area (Å²) in [4.78, 5) is 36.7. The molecule has 102 heavy (non-hydrogen) atoms. The van der Waals surface area contributed by atoms with Gasteiger partial charge in [0.05, 0.1) is 42.5 Å². The number of nitrogens with two attached hydrogens (primary N) is 1. The normalized spacial score (nSPS) is 12.4. The summed E-state index contributed by atoms with van der Waals surface area (Å²) in [6.45, 7) is 13.9. The topological polar surface area (TPSA) is 446 Å². The highest BCUT2D eigenvalue weighted by Crippen LogP contribution is 2.27. The van der Waals surface area contributed by atoms with Gasteiger partial charge >= 0.3 is 48.9 Å². The molecule has 0 aliphatic heterocycles. The molecule has 556 valence electrons. The van der Waals surface area contributed by atoms with E-state index in [2.05, 4.69) is 35.2 Å². The SMILES string of the molecule is CC(C)(C)OC(=O)N(Cc1noc2ccccc12)S(N)(=O)=O.CN(C)S(=O)(=O)CCc1noc2ccccc12.CN(C)S(=O)(=O)N(Cc1noc2ccccc12)C(=O)OC(C)(C)C.CNS(=O)(=O)CCc1noc2ccccc12.CNS(=O)(=O)N(Cc1noc2ccccc12)C(=O)OC(C)(C)C. The average Bonchev–Trinajstić information content (AvgIpc) is 1.44. The lowest BCUT2D eigenvalue weighted by Gasteiger charge is -2.28. The van der Waals surface area contributed by atoms with E-state index in [9.17, 15) is 56.5 Å². The summed E-state index contributed by atoms with van der Waals surface area (Å²) in [6.07, 6.45) is -2.32. The highest BCUT2D eigenvalue weighted by atomic mass is 32.2. The fourth-order valence-electron chi connectivity index (χ4n) is 8.53. The van der Waals surface area contributed by atoms with Crippen LogP contribution in [0.4, 0.5) is 14.4 Å². The zero-order valence-corrected chi connectivity index (χ0v) is 62.7. The van der Waals surface area contributed by atoms with Crippen molar-refractivity contribution in [2.45, 2.75) is 112 Å². The molecule has 0 bridgehead atoms. The predicted octanol–water partition coefficient (Wildman–Crippen LogP) is 8.35. The van der Waals surface area contributed by atoms with E-state index in [-0.39, 0.29) is 36.8 Å². The van der Waals surface area contributed by atoms with Crippen LogP contribution < -0.4 is 14.6 Å². The molecule has 39 heteroatoms. The summed E-state index contributed by atoms with van der Waals surface area (Å²) in [5.41, 5.74) is 2.65. The second kappa shape index (κ2) is 33.7. The van der Waals surface area contributed by atoms with Crippen molar-refractivity contribution in [2.24, 2.45) is 5.14 Å². The first kappa shape index (κ1) is 81.8. The number of nitrogens with zero attached hydrogens (tertiary/aromatic N) is 10. The second-order valence-corrected chi connectivity index (χ2v) is 34.9. The number of rotatable bonds is 19. The van der Waals surface area contributed by atoms with Crippen molar-refractivity contribution in [3.05, 3.63) is 150 Å². The molecule has 5 aromatic carbocycles. The zero-order valence-electron chi connectivity index (χ0n) is 58.7. The lowest BCUT2D eigenvalue weighted by molar-refractivity contribution is 0.0361. The predicted molar refractivity (Wildman–Crippen MR) is 377 cm³/mol. The van der Waals surface area contributed by atoms with Gasteiger partial charge in [0.2, 0.25) is 20.0 Å².